The molecule has 0 heterocycles. The Morgan fingerprint density at radius 3 is 2.36 bits per heavy atom. The lowest BCUT2D eigenvalue weighted by Gasteiger charge is -2.15. The van der Waals surface area contributed by atoms with Crippen LogP contribution in [0.2, 0.25) is 0 Å². The Hall–Kier alpha value is -2.49. The molecule has 1 atom stereocenters. The highest BCUT2D eigenvalue weighted by atomic mass is 16.5. The number of rotatable bonds is 7. The van der Waals surface area contributed by atoms with Crippen molar-refractivity contribution in [2.75, 3.05) is 11.9 Å². The summed E-state index contributed by atoms with van der Waals surface area (Å²) in [4.78, 5) is 12.1. The minimum atomic E-state index is -0.571. The third-order valence-corrected chi connectivity index (χ3v) is 3.02. The maximum atomic E-state index is 12.1. The van der Waals surface area contributed by atoms with E-state index in [1.165, 1.54) is 0 Å². The number of amides is 1. The van der Waals surface area contributed by atoms with Gasteiger partial charge in [-0.3, -0.25) is 4.79 Å². The van der Waals surface area contributed by atoms with E-state index < -0.39 is 6.10 Å². The van der Waals surface area contributed by atoms with E-state index in [1.807, 2.05) is 54.6 Å². The van der Waals surface area contributed by atoms with Crippen LogP contribution in [0.4, 0.5) is 5.69 Å². The third-order valence-electron chi connectivity index (χ3n) is 3.02. The van der Waals surface area contributed by atoms with Gasteiger partial charge in [0.15, 0.2) is 6.10 Å². The highest BCUT2D eigenvalue weighted by molar-refractivity contribution is 5.94. The van der Waals surface area contributed by atoms with Gasteiger partial charge in [-0.1, -0.05) is 25.1 Å². The molecule has 2 rings (SSSR count). The number of benzene rings is 2. The van der Waals surface area contributed by atoms with Crippen molar-refractivity contribution >= 4 is 11.6 Å². The van der Waals surface area contributed by atoms with Crippen LogP contribution in [0.5, 0.6) is 11.5 Å². The van der Waals surface area contributed by atoms with Gasteiger partial charge in [-0.15, -0.1) is 0 Å². The van der Waals surface area contributed by atoms with Crippen molar-refractivity contribution in [3.05, 3.63) is 54.6 Å². The quantitative estimate of drug-likeness (QED) is 0.844. The molecular weight excluding hydrogens is 278 g/mol. The van der Waals surface area contributed by atoms with Gasteiger partial charge in [0, 0.05) is 5.69 Å². The van der Waals surface area contributed by atoms with Crippen LogP contribution in [0.3, 0.4) is 0 Å². The zero-order valence-corrected chi connectivity index (χ0v) is 12.9. The van der Waals surface area contributed by atoms with Crippen LogP contribution in [0.25, 0.3) is 0 Å². The maximum Gasteiger partial charge on any atom is 0.265 e. The van der Waals surface area contributed by atoms with Crippen LogP contribution in [0, 0.1) is 0 Å². The molecule has 0 aromatic heterocycles. The number of nitrogens with one attached hydrogen (secondary N) is 1. The monoisotopic (exact) mass is 299 g/mol. The number of carbonyl (C=O) groups is 1. The molecule has 2 aromatic rings. The first-order chi connectivity index (χ1) is 10.7. The van der Waals surface area contributed by atoms with Crippen molar-refractivity contribution in [1.29, 1.82) is 0 Å². The van der Waals surface area contributed by atoms with Gasteiger partial charge >= 0.3 is 0 Å². The Morgan fingerprint density at radius 2 is 1.73 bits per heavy atom. The number of carbonyl (C=O) groups excluding carboxylic acids is 1. The summed E-state index contributed by atoms with van der Waals surface area (Å²) in [6.07, 6.45) is 0.394. The number of hydrogen-bond donors (Lipinski definition) is 1. The summed E-state index contributed by atoms with van der Waals surface area (Å²) in [5.41, 5.74) is 0.720. The van der Waals surface area contributed by atoms with Gasteiger partial charge in [-0.2, -0.15) is 0 Å². The molecule has 116 valence electrons. The largest absolute Gasteiger partial charge is 0.494 e. The van der Waals surface area contributed by atoms with Gasteiger partial charge < -0.3 is 14.8 Å². The number of hydrogen-bond acceptors (Lipinski definition) is 3. The lowest BCUT2D eigenvalue weighted by atomic mass is 10.2. The predicted octanol–water partition coefficient (Wildman–Crippen LogP) is 3.88. The zero-order chi connectivity index (χ0) is 15.8. The number of ether oxygens (including phenoxy) is 2. The lowest BCUT2D eigenvalue weighted by Crippen LogP contribution is -2.30. The number of anilines is 1. The van der Waals surface area contributed by atoms with Crippen LogP contribution in [-0.2, 0) is 4.79 Å². The van der Waals surface area contributed by atoms with E-state index in [-0.39, 0.29) is 5.91 Å². The van der Waals surface area contributed by atoms with Crippen molar-refractivity contribution < 1.29 is 14.3 Å². The van der Waals surface area contributed by atoms with Crippen molar-refractivity contribution in [2.45, 2.75) is 26.4 Å². The molecule has 4 heteroatoms. The second-order valence-corrected chi connectivity index (χ2v) is 4.94. The average molecular weight is 299 g/mol. The fourth-order valence-corrected chi connectivity index (χ4v) is 1.86. The Balaban J connectivity index is 1.88. The molecule has 0 unspecified atom stereocenters. The fourth-order valence-electron chi connectivity index (χ4n) is 1.86. The molecule has 0 spiro atoms. The highest BCUT2D eigenvalue weighted by Crippen LogP contribution is 2.17. The van der Waals surface area contributed by atoms with E-state index in [0.717, 1.165) is 17.9 Å². The molecule has 0 aliphatic heterocycles. The molecule has 0 aliphatic rings. The van der Waals surface area contributed by atoms with Gasteiger partial charge in [-0.25, -0.2) is 0 Å². The molecule has 2 aromatic carbocycles. The van der Waals surface area contributed by atoms with E-state index in [9.17, 15) is 4.79 Å². The van der Waals surface area contributed by atoms with Crippen LogP contribution in [0.15, 0.2) is 54.6 Å². The summed E-state index contributed by atoms with van der Waals surface area (Å²) in [5.74, 6) is 1.29. The van der Waals surface area contributed by atoms with Crippen LogP contribution < -0.4 is 14.8 Å². The molecule has 0 saturated heterocycles. The Bertz CT molecular complexity index is 581. The Morgan fingerprint density at radius 1 is 1.05 bits per heavy atom. The molecule has 0 radical (unpaired) electrons. The third kappa shape index (κ3) is 4.81. The van der Waals surface area contributed by atoms with E-state index in [4.69, 9.17) is 9.47 Å². The van der Waals surface area contributed by atoms with Gasteiger partial charge in [0.1, 0.15) is 11.5 Å². The molecule has 0 saturated carbocycles. The van der Waals surface area contributed by atoms with Crippen molar-refractivity contribution in [3.8, 4) is 11.5 Å². The normalized spacial score (nSPS) is 11.5. The Kier molecular flexibility index (Phi) is 5.83. The zero-order valence-electron chi connectivity index (χ0n) is 12.9. The molecule has 22 heavy (non-hydrogen) atoms. The first-order valence-corrected chi connectivity index (χ1v) is 7.44. The van der Waals surface area contributed by atoms with Crippen molar-refractivity contribution in [1.82, 2.24) is 0 Å². The SMILES string of the molecule is CCCOc1ccc(NC(=O)[C@H](C)Oc2ccccc2)cc1. The van der Waals surface area contributed by atoms with Gasteiger partial charge in [0.05, 0.1) is 6.61 Å². The topological polar surface area (TPSA) is 47.6 Å². The maximum absolute atomic E-state index is 12.1. The molecule has 4 nitrogen and oxygen atoms in total. The van der Waals surface area contributed by atoms with E-state index in [1.54, 1.807) is 6.92 Å². The molecule has 1 amide bonds. The summed E-state index contributed by atoms with van der Waals surface area (Å²) in [7, 11) is 0. The molecule has 0 bridgehead atoms. The molecule has 0 fully saturated rings. The Labute approximate surface area is 131 Å². The van der Waals surface area contributed by atoms with Gasteiger partial charge in [0.2, 0.25) is 0 Å². The van der Waals surface area contributed by atoms with E-state index in [2.05, 4.69) is 12.2 Å². The highest BCUT2D eigenvalue weighted by Gasteiger charge is 2.14. The predicted molar refractivity (Wildman–Crippen MR) is 87.4 cm³/mol. The van der Waals surface area contributed by atoms with Gasteiger partial charge in [0.25, 0.3) is 5.91 Å². The molecule has 0 aliphatic carbocycles. The fraction of sp³-hybridized carbons (Fsp3) is 0.278. The van der Waals surface area contributed by atoms with Crippen molar-refractivity contribution in [2.24, 2.45) is 0 Å². The van der Waals surface area contributed by atoms with E-state index >= 15 is 0 Å². The van der Waals surface area contributed by atoms with Crippen LogP contribution in [0.1, 0.15) is 20.3 Å². The molecule has 1 N–H and O–H groups in total. The summed E-state index contributed by atoms with van der Waals surface area (Å²) in [5, 5.41) is 2.83. The minimum Gasteiger partial charge on any atom is -0.494 e. The van der Waals surface area contributed by atoms with Crippen LogP contribution in [-0.4, -0.2) is 18.6 Å². The first-order valence-electron chi connectivity index (χ1n) is 7.44. The standard InChI is InChI=1S/C18H21NO3/c1-3-13-21-16-11-9-15(10-12-16)19-18(20)14(2)22-17-7-5-4-6-8-17/h4-12,14H,3,13H2,1-2H3,(H,19,20)/t14-/m0/s1. The van der Waals surface area contributed by atoms with E-state index in [0.29, 0.717) is 12.4 Å². The lowest BCUT2D eigenvalue weighted by molar-refractivity contribution is -0.122. The number of para-hydroxylation sites is 1. The summed E-state index contributed by atoms with van der Waals surface area (Å²) in [6.45, 7) is 4.47. The second kappa shape index (κ2) is 8.08. The smallest absolute Gasteiger partial charge is 0.265 e. The van der Waals surface area contributed by atoms with Crippen LogP contribution >= 0.6 is 0 Å². The minimum absolute atomic E-state index is 0.189. The average Bonchev–Trinajstić information content (AvgIpc) is 2.55. The van der Waals surface area contributed by atoms with Gasteiger partial charge in [-0.05, 0) is 49.7 Å². The second-order valence-electron chi connectivity index (χ2n) is 4.94. The molecular formula is C18H21NO3. The summed E-state index contributed by atoms with van der Waals surface area (Å²) in [6, 6.07) is 16.6. The first kappa shape index (κ1) is 15.9. The summed E-state index contributed by atoms with van der Waals surface area (Å²) >= 11 is 0. The van der Waals surface area contributed by atoms with Crippen molar-refractivity contribution in [3.63, 3.8) is 0 Å². The summed E-state index contributed by atoms with van der Waals surface area (Å²) < 4.78 is 11.1.